The van der Waals surface area contributed by atoms with E-state index in [2.05, 4.69) is 17.2 Å². The molecule has 0 amide bonds. The number of hydrogen-bond acceptors (Lipinski definition) is 2. The maximum Gasteiger partial charge on any atom is 0.0724 e. The number of hydrogen-bond donors (Lipinski definition) is 0. The first-order valence-electron chi connectivity index (χ1n) is 4.21. The number of aryl methyl sites for hydroxylation is 2. The molecule has 1 heterocycles. The van der Waals surface area contributed by atoms with Gasteiger partial charge in [0.15, 0.2) is 0 Å². The number of alkyl halides is 1. The van der Waals surface area contributed by atoms with Gasteiger partial charge in [0.05, 0.1) is 11.9 Å². The third kappa shape index (κ3) is 2.48. The standard InChI is InChI=1S/C8H14ClN3/c1-3-7(9)4-5-8-6-10-11-12(8)2/h6-7H,3-5H2,1-2H3. The van der Waals surface area contributed by atoms with Gasteiger partial charge in [0.25, 0.3) is 0 Å². The maximum atomic E-state index is 5.98. The summed E-state index contributed by atoms with van der Waals surface area (Å²) in [6.45, 7) is 2.10. The lowest BCUT2D eigenvalue weighted by molar-refractivity contribution is 0.643. The van der Waals surface area contributed by atoms with Crippen molar-refractivity contribution >= 4 is 11.6 Å². The number of halogens is 1. The molecule has 0 radical (unpaired) electrons. The van der Waals surface area contributed by atoms with Crippen LogP contribution in [0, 0.1) is 0 Å². The summed E-state index contributed by atoms with van der Waals surface area (Å²) >= 11 is 5.98. The van der Waals surface area contributed by atoms with Crippen LogP contribution in [0.25, 0.3) is 0 Å². The predicted molar refractivity (Wildman–Crippen MR) is 49.3 cm³/mol. The van der Waals surface area contributed by atoms with Crippen LogP contribution in [-0.2, 0) is 13.5 Å². The van der Waals surface area contributed by atoms with Crippen molar-refractivity contribution in [2.24, 2.45) is 7.05 Å². The first-order chi connectivity index (χ1) is 5.74. The fraction of sp³-hybridized carbons (Fsp3) is 0.750. The minimum atomic E-state index is 0.278. The van der Waals surface area contributed by atoms with Gasteiger partial charge in [-0.1, -0.05) is 12.1 Å². The topological polar surface area (TPSA) is 30.7 Å². The Hall–Kier alpha value is -0.570. The molecule has 0 aliphatic carbocycles. The van der Waals surface area contributed by atoms with Gasteiger partial charge in [-0.15, -0.1) is 16.7 Å². The van der Waals surface area contributed by atoms with E-state index in [1.807, 2.05) is 7.05 Å². The number of rotatable bonds is 4. The summed E-state index contributed by atoms with van der Waals surface area (Å²) in [5.41, 5.74) is 1.15. The summed E-state index contributed by atoms with van der Waals surface area (Å²) in [4.78, 5) is 0. The van der Waals surface area contributed by atoms with Crippen molar-refractivity contribution in [3.8, 4) is 0 Å². The smallest absolute Gasteiger partial charge is 0.0724 e. The molecule has 1 aromatic rings. The van der Waals surface area contributed by atoms with Crippen molar-refractivity contribution in [1.82, 2.24) is 15.0 Å². The maximum absolute atomic E-state index is 5.98. The van der Waals surface area contributed by atoms with E-state index >= 15 is 0 Å². The van der Waals surface area contributed by atoms with Crippen LogP contribution in [0.15, 0.2) is 6.20 Å². The van der Waals surface area contributed by atoms with Gasteiger partial charge < -0.3 is 0 Å². The van der Waals surface area contributed by atoms with Crippen molar-refractivity contribution in [3.63, 3.8) is 0 Å². The van der Waals surface area contributed by atoms with Crippen molar-refractivity contribution < 1.29 is 0 Å². The van der Waals surface area contributed by atoms with Crippen molar-refractivity contribution in [3.05, 3.63) is 11.9 Å². The van der Waals surface area contributed by atoms with E-state index in [1.54, 1.807) is 10.9 Å². The second-order valence-corrected chi connectivity index (χ2v) is 3.51. The predicted octanol–water partition coefficient (Wildman–Crippen LogP) is 1.77. The van der Waals surface area contributed by atoms with Gasteiger partial charge in [0.1, 0.15) is 0 Å². The van der Waals surface area contributed by atoms with Gasteiger partial charge in [0, 0.05) is 12.4 Å². The lowest BCUT2D eigenvalue weighted by Gasteiger charge is -2.04. The summed E-state index contributed by atoms with van der Waals surface area (Å²) in [5, 5.41) is 7.92. The molecular formula is C8H14ClN3. The lowest BCUT2D eigenvalue weighted by Crippen LogP contribution is -2.03. The summed E-state index contributed by atoms with van der Waals surface area (Å²) < 4.78 is 1.79. The van der Waals surface area contributed by atoms with E-state index in [0.29, 0.717) is 0 Å². The molecule has 0 saturated carbocycles. The second kappa shape index (κ2) is 4.45. The van der Waals surface area contributed by atoms with E-state index < -0.39 is 0 Å². The summed E-state index contributed by atoms with van der Waals surface area (Å²) in [6.07, 6.45) is 4.77. The Labute approximate surface area is 77.7 Å². The van der Waals surface area contributed by atoms with Crippen LogP contribution in [0.2, 0.25) is 0 Å². The van der Waals surface area contributed by atoms with Crippen LogP contribution in [0.3, 0.4) is 0 Å². The molecule has 0 aliphatic rings. The zero-order chi connectivity index (χ0) is 8.97. The second-order valence-electron chi connectivity index (χ2n) is 2.89. The van der Waals surface area contributed by atoms with E-state index in [1.165, 1.54) is 0 Å². The van der Waals surface area contributed by atoms with E-state index in [9.17, 15) is 0 Å². The fourth-order valence-electron chi connectivity index (χ4n) is 1.05. The third-order valence-corrected chi connectivity index (χ3v) is 2.49. The molecule has 1 unspecified atom stereocenters. The van der Waals surface area contributed by atoms with Gasteiger partial charge in [-0.05, 0) is 19.3 Å². The van der Waals surface area contributed by atoms with Gasteiger partial charge in [0.2, 0.25) is 0 Å². The molecule has 0 saturated heterocycles. The zero-order valence-electron chi connectivity index (χ0n) is 7.50. The molecule has 1 rings (SSSR count). The van der Waals surface area contributed by atoms with E-state index in [4.69, 9.17) is 11.6 Å². The van der Waals surface area contributed by atoms with E-state index in [-0.39, 0.29) is 5.38 Å². The Kier molecular flexibility index (Phi) is 3.53. The Bertz CT molecular complexity index is 234. The van der Waals surface area contributed by atoms with Crippen LogP contribution in [0.5, 0.6) is 0 Å². The average Bonchev–Trinajstić information content (AvgIpc) is 2.47. The molecule has 12 heavy (non-hydrogen) atoms. The fourth-order valence-corrected chi connectivity index (χ4v) is 1.16. The molecule has 0 fully saturated rings. The molecular weight excluding hydrogens is 174 g/mol. The molecule has 68 valence electrons. The van der Waals surface area contributed by atoms with E-state index in [0.717, 1.165) is 25.0 Å². The number of aromatic nitrogens is 3. The normalized spacial score (nSPS) is 13.2. The van der Waals surface area contributed by atoms with Crippen LogP contribution in [-0.4, -0.2) is 20.4 Å². The SMILES string of the molecule is CCC(Cl)CCc1cnnn1C. The molecule has 4 heteroatoms. The highest BCUT2D eigenvalue weighted by Crippen LogP contribution is 2.10. The van der Waals surface area contributed by atoms with Crippen LogP contribution in [0.4, 0.5) is 0 Å². The van der Waals surface area contributed by atoms with Crippen LogP contribution >= 0.6 is 11.6 Å². The van der Waals surface area contributed by atoms with Crippen molar-refractivity contribution in [2.45, 2.75) is 31.6 Å². The zero-order valence-corrected chi connectivity index (χ0v) is 8.25. The van der Waals surface area contributed by atoms with Gasteiger partial charge >= 0.3 is 0 Å². The Morgan fingerprint density at radius 1 is 1.67 bits per heavy atom. The van der Waals surface area contributed by atoms with Crippen molar-refractivity contribution in [1.29, 1.82) is 0 Å². The molecule has 0 aromatic carbocycles. The first-order valence-corrected chi connectivity index (χ1v) is 4.65. The summed E-state index contributed by atoms with van der Waals surface area (Å²) in [5.74, 6) is 0. The summed E-state index contributed by atoms with van der Waals surface area (Å²) in [7, 11) is 1.90. The van der Waals surface area contributed by atoms with Gasteiger partial charge in [-0.2, -0.15) is 0 Å². The third-order valence-electron chi connectivity index (χ3n) is 1.96. The lowest BCUT2D eigenvalue weighted by atomic mass is 10.1. The minimum absolute atomic E-state index is 0.278. The highest BCUT2D eigenvalue weighted by atomic mass is 35.5. The molecule has 3 nitrogen and oxygen atoms in total. The Morgan fingerprint density at radius 3 is 2.92 bits per heavy atom. The summed E-state index contributed by atoms with van der Waals surface area (Å²) in [6, 6.07) is 0. The van der Waals surface area contributed by atoms with Gasteiger partial charge in [-0.3, -0.25) is 4.68 Å². The molecule has 0 spiro atoms. The molecule has 0 aliphatic heterocycles. The quantitative estimate of drug-likeness (QED) is 0.673. The monoisotopic (exact) mass is 187 g/mol. The Morgan fingerprint density at radius 2 is 2.42 bits per heavy atom. The average molecular weight is 188 g/mol. The Balaban J connectivity index is 2.38. The molecule has 1 aromatic heterocycles. The van der Waals surface area contributed by atoms with Crippen molar-refractivity contribution in [2.75, 3.05) is 0 Å². The molecule has 1 atom stereocenters. The molecule has 0 bridgehead atoms. The van der Waals surface area contributed by atoms with Crippen LogP contribution < -0.4 is 0 Å². The van der Waals surface area contributed by atoms with Gasteiger partial charge in [-0.25, -0.2) is 0 Å². The number of nitrogens with zero attached hydrogens (tertiary/aromatic N) is 3. The van der Waals surface area contributed by atoms with Crippen LogP contribution in [0.1, 0.15) is 25.5 Å². The largest absolute Gasteiger partial charge is 0.252 e. The highest BCUT2D eigenvalue weighted by Gasteiger charge is 2.04. The first kappa shape index (κ1) is 9.52. The molecule has 0 N–H and O–H groups in total. The minimum Gasteiger partial charge on any atom is -0.252 e. The highest BCUT2D eigenvalue weighted by molar-refractivity contribution is 6.20.